The minimum absolute atomic E-state index is 0.189. The lowest BCUT2D eigenvalue weighted by molar-refractivity contribution is 0.339. The summed E-state index contributed by atoms with van der Waals surface area (Å²) in [6.45, 7) is 6.98. The first kappa shape index (κ1) is 14.6. The average Bonchev–Trinajstić information content (AvgIpc) is 2.39. The van der Waals surface area contributed by atoms with Gasteiger partial charge in [-0.25, -0.2) is 0 Å². The molecule has 0 bridgehead atoms. The van der Waals surface area contributed by atoms with Crippen LogP contribution in [0.25, 0.3) is 0 Å². The molecule has 0 saturated heterocycles. The molecule has 0 fully saturated rings. The lowest BCUT2D eigenvalue weighted by Crippen LogP contribution is -2.18. The Morgan fingerprint density at radius 3 is 2.30 bits per heavy atom. The number of hydrogen-bond acceptors (Lipinski definition) is 2. The van der Waals surface area contributed by atoms with E-state index in [9.17, 15) is 0 Å². The van der Waals surface area contributed by atoms with Crippen LogP contribution in [0.3, 0.4) is 0 Å². The number of ether oxygens (including phenoxy) is 1. The second-order valence-electron chi connectivity index (χ2n) is 5.15. The van der Waals surface area contributed by atoms with Gasteiger partial charge in [-0.15, -0.1) is 0 Å². The molecule has 0 aromatic heterocycles. The molecule has 0 heterocycles. The molecule has 0 spiro atoms. The van der Waals surface area contributed by atoms with Gasteiger partial charge < -0.3 is 10.1 Å². The molecule has 1 atom stereocenters. The fourth-order valence-corrected chi connectivity index (χ4v) is 2.65. The van der Waals surface area contributed by atoms with Crippen LogP contribution in [-0.4, -0.2) is 13.7 Å². The fourth-order valence-electron chi connectivity index (χ4n) is 2.65. The van der Waals surface area contributed by atoms with E-state index in [1.54, 1.807) is 0 Å². The van der Waals surface area contributed by atoms with Gasteiger partial charge in [0.15, 0.2) is 0 Å². The number of hydrogen-bond donors (Lipinski definition) is 1. The maximum absolute atomic E-state index is 5.60. The maximum Gasteiger partial charge on any atom is 0.119 e. The van der Waals surface area contributed by atoms with Crippen molar-refractivity contribution in [3.8, 4) is 5.75 Å². The first-order chi connectivity index (χ1) is 9.63. The molecular formula is C18H23NO. The SMILES string of the molecule is CCOc1cccc(C(NC)c2cc(C)cc(C)c2)c1. The first-order valence-corrected chi connectivity index (χ1v) is 7.12. The standard InChI is InChI=1S/C18H23NO/c1-5-20-17-8-6-7-15(12-17)18(19-4)16-10-13(2)9-14(3)11-16/h6-12,18-19H,5H2,1-4H3. The van der Waals surface area contributed by atoms with Crippen LogP contribution in [0.5, 0.6) is 5.75 Å². The second kappa shape index (κ2) is 6.58. The van der Waals surface area contributed by atoms with Gasteiger partial charge in [-0.3, -0.25) is 0 Å². The number of benzene rings is 2. The summed E-state index contributed by atoms with van der Waals surface area (Å²) in [5, 5.41) is 3.40. The summed E-state index contributed by atoms with van der Waals surface area (Å²) in [6, 6.07) is 15.2. The van der Waals surface area contributed by atoms with Crippen LogP contribution in [0, 0.1) is 13.8 Å². The third-order valence-electron chi connectivity index (χ3n) is 3.37. The molecule has 2 rings (SSSR count). The Hall–Kier alpha value is -1.80. The van der Waals surface area contributed by atoms with E-state index in [1.165, 1.54) is 22.3 Å². The molecule has 2 heteroatoms. The minimum Gasteiger partial charge on any atom is -0.494 e. The molecule has 0 amide bonds. The van der Waals surface area contributed by atoms with E-state index in [0.717, 1.165) is 5.75 Å². The smallest absolute Gasteiger partial charge is 0.119 e. The van der Waals surface area contributed by atoms with Crippen molar-refractivity contribution >= 4 is 0 Å². The monoisotopic (exact) mass is 269 g/mol. The number of nitrogens with one attached hydrogen (secondary N) is 1. The Morgan fingerprint density at radius 1 is 1.00 bits per heavy atom. The molecule has 2 aromatic rings. The largest absolute Gasteiger partial charge is 0.494 e. The second-order valence-corrected chi connectivity index (χ2v) is 5.15. The summed E-state index contributed by atoms with van der Waals surface area (Å²) in [7, 11) is 2.00. The molecule has 1 N–H and O–H groups in total. The summed E-state index contributed by atoms with van der Waals surface area (Å²) < 4.78 is 5.60. The van der Waals surface area contributed by atoms with Crippen molar-refractivity contribution < 1.29 is 4.74 Å². The van der Waals surface area contributed by atoms with Gasteiger partial charge in [-0.05, 0) is 51.1 Å². The third-order valence-corrected chi connectivity index (χ3v) is 3.37. The quantitative estimate of drug-likeness (QED) is 0.885. The zero-order chi connectivity index (χ0) is 14.5. The third kappa shape index (κ3) is 3.40. The Balaban J connectivity index is 2.38. The Kier molecular flexibility index (Phi) is 4.80. The lowest BCUT2D eigenvalue weighted by atomic mass is 9.95. The molecule has 0 saturated carbocycles. The fraction of sp³-hybridized carbons (Fsp3) is 0.333. The van der Waals surface area contributed by atoms with E-state index in [0.29, 0.717) is 6.61 Å². The van der Waals surface area contributed by atoms with Crippen molar-refractivity contribution in [3.63, 3.8) is 0 Å². The predicted octanol–water partition coefficient (Wildman–Crippen LogP) is 4.01. The highest BCUT2D eigenvalue weighted by Crippen LogP contribution is 2.26. The van der Waals surface area contributed by atoms with Crippen molar-refractivity contribution in [1.82, 2.24) is 5.32 Å². The molecule has 0 radical (unpaired) electrons. The Morgan fingerprint density at radius 2 is 1.70 bits per heavy atom. The molecule has 106 valence electrons. The summed E-state index contributed by atoms with van der Waals surface area (Å²) in [6.07, 6.45) is 0. The van der Waals surface area contributed by atoms with Crippen molar-refractivity contribution in [3.05, 3.63) is 64.7 Å². The van der Waals surface area contributed by atoms with Crippen LogP contribution >= 0.6 is 0 Å². The minimum atomic E-state index is 0.189. The summed E-state index contributed by atoms with van der Waals surface area (Å²) >= 11 is 0. The van der Waals surface area contributed by atoms with Crippen LogP contribution in [0.2, 0.25) is 0 Å². The zero-order valence-corrected chi connectivity index (χ0v) is 12.7. The molecule has 2 aromatic carbocycles. The molecule has 2 nitrogen and oxygen atoms in total. The highest BCUT2D eigenvalue weighted by Gasteiger charge is 2.13. The van der Waals surface area contributed by atoms with Crippen molar-refractivity contribution in [1.29, 1.82) is 0 Å². The van der Waals surface area contributed by atoms with Crippen LogP contribution < -0.4 is 10.1 Å². The molecule has 0 aliphatic rings. The van der Waals surface area contributed by atoms with Gasteiger partial charge in [0.05, 0.1) is 12.6 Å². The highest BCUT2D eigenvalue weighted by molar-refractivity contribution is 5.39. The Bertz CT molecular complexity index is 557. The molecule has 0 aliphatic carbocycles. The van der Waals surface area contributed by atoms with Crippen LogP contribution in [0.15, 0.2) is 42.5 Å². The summed E-state index contributed by atoms with van der Waals surface area (Å²) in [4.78, 5) is 0. The number of aryl methyl sites for hydroxylation is 2. The van der Waals surface area contributed by atoms with E-state index in [1.807, 2.05) is 26.1 Å². The van der Waals surface area contributed by atoms with Gasteiger partial charge in [-0.2, -0.15) is 0 Å². The van der Waals surface area contributed by atoms with E-state index in [2.05, 4.69) is 49.5 Å². The van der Waals surface area contributed by atoms with Gasteiger partial charge in [0.1, 0.15) is 5.75 Å². The molecule has 0 aliphatic heterocycles. The topological polar surface area (TPSA) is 21.3 Å². The van der Waals surface area contributed by atoms with Gasteiger partial charge in [0, 0.05) is 0 Å². The zero-order valence-electron chi connectivity index (χ0n) is 12.7. The number of rotatable bonds is 5. The van der Waals surface area contributed by atoms with Crippen molar-refractivity contribution in [2.45, 2.75) is 26.8 Å². The van der Waals surface area contributed by atoms with E-state index in [-0.39, 0.29) is 6.04 Å². The van der Waals surface area contributed by atoms with E-state index < -0.39 is 0 Å². The van der Waals surface area contributed by atoms with Crippen LogP contribution in [0.4, 0.5) is 0 Å². The summed E-state index contributed by atoms with van der Waals surface area (Å²) in [5.41, 5.74) is 5.10. The van der Waals surface area contributed by atoms with E-state index >= 15 is 0 Å². The van der Waals surface area contributed by atoms with Crippen molar-refractivity contribution in [2.24, 2.45) is 0 Å². The summed E-state index contributed by atoms with van der Waals surface area (Å²) in [5.74, 6) is 0.926. The molecular weight excluding hydrogens is 246 g/mol. The lowest BCUT2D eigenvalue weighted by Gasteiger charge is -2.19. The van der Waals surface area contributed by atoms with Gasteiger partial charge >= 0.3 is 0 Å². The van der Waals surface area contributed by atoms with Crippen molar-refractivity contribution in [2.75, 3.05) is 13.7 Å². The normalized spacial score (nSPS) is 12.2. The molecule has 20 heavy (non-hydrogen) atoms. The average molecular weight is 269 g/mol. The molecule has 1 unspecified atom stereocenters. The van der Waals surface area contributed by atoms with Gasteiger partial charge in [0.25, 0.3) is 0 Å². The van der Waals surface area contributed by atoms with Crippen LogP contribution in [0.1, 0.15) is 35.2 Å². The maximum atomic E-state index is 5.60. The van der Waals surface area contributed by atoms with Gasteiger partial charge in [0.2, 0.25) is 0 Å². The van der Waals surface area contributed by atoms with E-state index in [4.69, 9.17) is 4.74 Å². The van der Waals surface area contributed by atoms with Gasteiger partial charge in [-0.1, -0.05) is 41.5 Å². The van der Waals surface area contributed by atoms with Crippen LogP contribution in [-0.2, 0) is 0 Å². The highest BCUT2D eigenvalue weighted by atomic mass is 16.5. The Labute approximate surface area is 121 Å². The first-order valence-electron chi connectivity index (χ1n) is 7.12. The predicted molar refractivity (Wildman–Crippen MR) is 84.4 cm³/mol.